The number of rotatable bonds is 13. The van der Waals surface area contributed by atoms with E-state index in [1.807, 2.05) is 4.68 Å². The average molecular weight is 286 g/mol. The zero-order chi connectivity index (χ0) is 14.5. The Morgan fingerprint density at radius 1 is 1.15 bits per heavy atom. The van der Waals surface area contributed by atoms with E-state index in [2.05, 4.69) is 22.3 Å². The smallest absolute Gasteiger partial charge is 0.140 e. The van der Waals surface area contributed by atoms with E-state index in [0.29, 0.717) is 39.6 Å². The maximum atomic E-state index is 5.49. The fourth-order valence-electron chi connectivity index (χ4n) is 1.60. The summed E-state index contributed by atoms with van der Waals surface area (Å²) in [4.78, 5) is 4.23. The van der Waals surface area contributed by atoms with Crippen LogP contribution in [-0.4, -0.2) is 61.5 Å². The molecule has 0 saturated heterocycles. The van der Waals surface area contributed by atoms with E-state index in [-0.39, 0.29) is 0 Å². The van der Waals surface area contributed by atoms with E-state index < -0.39 is 0 Å². The molecule has 0 atom stereocenters. The van der Waals surface area contributed by atoms with Gasteiger partial charge < -0.3 is 19.5 Å². The number of nitrogens with one attached hydrogen (secondary N) is 1. The summed E-state index contributed by atoms with van der Waals surface area (Å²) in [5, 5.41) is 7.50. The summed E-state index contributed by atoms with van der Waals surface area (Å²) in [6.07, 6.45) is 2.69. The van der Waals surface area contributed by atoms with Crippen molar-refractivity contribution < 1.29 is 14.2 Å². The van der Waals surface area contributed by atoms with Crippen LogP contribution in [0.1, 0.15) is 19.2 Å². The van der Waals surface area contributed by atoms with Crippen molar-refractivity contribution in [2.75, 3.05) is 46.7 Å². The van der Waals surface area contributed by atoms with Crippen LogP contribution in [0.25, 0.3) is 0 Å². The third-order valence-corrected chi connectivity index (χ3v) is 2.66. The third kappa shape index (κ3) is 7.54. The second kappa shape index (κ2) is 11.8. The maximum Gasteiger partial charge on any atom is 0.140 e. The number of aromatic nitrogens is 3. The summed E-state index contributed by atoms with van der Waals surface area (Å²) >= 11 is 0. The predicted octanol–water partition coefficient (Wildman–Crippen LogP) is 0.457. The highest BCUT2D eigenvalue weighted by Gasteiger charge is 2.03. The summed E-state index contributed by atoms with van der Waals surface area (Å²) in [6, 6.07) is 0. The molecule has 20 heavy (non-hydrogen) atoms. The number of ether oxygens (including phenoxy) is 3. The van der Waals surface area contributed by atoms with Gasteiger partial charge in [-0.25, -0.2) is 9.67 Å². The van der Waals surface area contributed by atoms with Gasteiger partial charge in [0.25, 0.3) is 0 Å². The van der Waals surface area contributed by atoms with Crippen LogP contribution in [0.3, 0.4) is 0 Å². The van der Waals surface area contributed by atoms with Crippen LogP contribution in [0, 0.1) is 0 Å². The molecule has 0 unspecified atom stereocenters. The molecule has 0 amide bonds. The van der Waals surface area contributed by atoms with Crippen LogP contribution in [0.15, 0.2) is 6.33 Å². The summed E-state index contributed by atoms with van der Waals surface area (Å²) in [5.74, 6) is 0.943. The highest BCUT2D eigenvalue weighted by molar-refractivity contribution is 4.83. The van der Waals surface area contributed by atoms with E-state index in [1.165, 1.54) is 0 Å². The van der Waals surface area contributed by atoms with E-state index in [4.69, 9.17) is 14.2 Å². The molecule has 1 aromatic rings. The van der Waals surface area contributed by atoms with Crippen molar-refractivity contribution in [1.82, 2.24) is 20.1 Å². The molecular weight excluding hydrogens is 260 g/mol. The van der Waals surface area contributed by atoms with Crippen LogP contribution in [-0.2, 0) is 27.3 Å². The fourth-order valence-corrected chi connectivity index (χ4v) is 1.60. The monoisotopic (exact) mass is 286 g/mol. The molecule has 1 rings (SSSR count). The zero-order valence-corrected chi connectivity index (χ0v) is 12.5. The van der Waals surface area contributed by atoms with Crippen molar-refractivity contribution in [2.45, 2.75) is 26.4 Å². The van der Waals surface area contributed by atoms with E-state index >= 15 is 0 Å². The Kier molecular flexibility index (Phi) is 10.0. The van der Waals surface area contributed by atoms with Gasteiger partial charge in [0.1, 0.15) is 12.2 Å². The SMILES string of the molecule is CCCNCc1ncnn1CCOCCOCCOC. The Morgan fingerprint density at radius 3 is 2.65 bits per heavy atom. The standard InChI is InChI=1S/C13H26N4O3/c1-3-4-14-11-13-15-12-16-17(13)5-6-19-9-10-20-8-7-18-2/h12,14H,3-11H2,1-2H3. The lowest BCUT2D eigenvalue weighted by atomic mass is 10.4. The van der Waals surface area contributed by atoms with Crippen LogP contribution >= 0.6 is 0 Å². The second-order valence-corrected chi connectivity index (χ2v) is 4.29. The summed E-state index contributed by atoms with van der Waals surface area (Å²) in [7, 11) is 1.66. The van der Waals surface area contributed by atoms with E-state index in [0.717, 1.165) is 25.3 Å². The maximum absolute atomic E-state index is 5.49. The second-order valence-electron chi connectivity index (χ2n) is 4.29. The Morgan fingerprint density at radius 2 is 1.90 bits per heavy atom. The first kappa shape index (κ1) is 17.0. The summed E-state index contributed by atoms with van der Waals surface area (Å²) < 4.78 is 17.5. The van der Waals surface area contributed by atoms with Crippen molar-refractivity contribution in [3.05, 3.63) is 12.2 Å². The average Bonchev–Trinajstić information content (AvgIpc) is 2.90. The molecule has 0 aliphatic heterocycles. The number of hydrogen-bond donors (Lipinski definition) is 1. The van der Waals surface area contributed by atoms with Crippen molar-refractivity contribution in [3.8, 4) is 0 Å². The first-order chi connectivity index (χ1) is 9.88. The van der Waals surface area contributed by atoms with Gasteiger partial charge in [0.2, 0.25) is 0 Å². The van der Waals surface area contributed by atoms with Gasteiger partial charge in [-0.1, -0.05) is 6.92 Å². The van der Waals surface area contributed by atoms with Crippen LogP contribution in [0.2, 0.25) is 0 Å². The molecule has 1 heterocycles. The first-order valence-corrected chi connectivity index (χ1v) is 7.10. The van der Waals surface area contributed by atoms with Gasteiger partial charge >= 0.3 is 0 Å². The molecular formula is C13H26N4O3. The highest BCUT2D eigenvalue weighted by Crippen LogP contribution is 1.94. The number of methoxy groups -OCH3 is 1. The lowest BCUT2D eigenvalue weighted by Crippen LogP contribution is -2.20. The van der Waals surface area contributed by atoms with Gasteiger partial charge in [0, 0.05) is 7.11 Å². The largest absolute Gasteiger partial charge is 0.382 e. The van der Waals surface area contributed by atoms with Crippen LogP contribution in [0.5, 0.6) is 0 Å². The Labute approximate surface area is 120 Å². The summed E-state index contributed by atoms with van der Waals surface area (Å²) in [6.45, 7) is 7.59. The van der Waals surface area contributed by atoms with Crippen molar-refractivity contribution in [1.29, 1.82) is 0 Å². The number of nitrogens with zero attached hydrogens (tertiary/aromatic N) is 3. The van der Waals surface area contributed by atoms with Gasteiger partial charge in [0.05, 0.1) is 46.1 Å². The molecule has 7 nitrogen and oxygen atoms in total. The topological polar surface area (TPSA) is 70.4 Å². The molecule has 0 spiro atoms. The molecule has 1 aromatic heterocycles. The molecule has 0 saturated carbocycles. The van der Waals surface area contributed by atoms with Crippen LogP contribution in [0.4, 0.5) is 0 Å². The minimum absolute atomic E-state index is 0.585. The molecule has 7 heteroatoms. The van der Waals surface area contributed by atoms with E-state index in [9.17, 15) is 0 Å². The minimum Gasteiger partial charge on any atom is -0.382 e. The molecule has 116 valence electrons. The Bertz CT molecular complexity index is 333. The van der Waals surface area contributed by atoms with Crippen LogP contribution < -0.4 is 5.32 Å². The Balaban J connectivity index is 2.05. The van der Waals surface area contributed by atoms with Crippen molar-refractivity contribution in [2.24, 2.45) is 0 Å². The van der Waals surface area contributed by atoms with E-state index in [1.54, 1.807) is 13.4 Å². The van der Waals surface area contributed by atoms with Gasteiger partial charge in [0.15, 0.2) is 0 Å². The Hall–Kier alpha value is -1.02. The fraction of sp³-hybridized carbons (Fsp3) is 0.846. The molecule has 0 aliphatic rings. The molecule has 0 bridgehead atoms. The molecule has 0 aliphatic carbocycles. The lowest BCUT2D eigenvalue weighted by Gasteiger charge is -2.08. The quantitative estimate of drug-likeness (QED) is 0.531. The van der Waals surface area contributed by atoms with Crippen molar-refractivity contribution >= 4 is 0 Å². The number of hydrogen-bond acceptors (Lipinski definition) is 6. The normalized spacial score (nSPS) is 11.1. The molecule has 1 N–H and O–H groups in total. The highest BCUT2D eigenvalue weighted by atomic mass is 16.5. The van der Waals surface area contributed by atoms with Gasteiger partial charge in [-0.15, -0.1) is 0 Å². The van der Waals surface area contributed by atoms with Gasteiger partial charge in [-0.2, -0.15) is 5.10 Å². The predicted molar refractivity (Wildman–Crippen MR) is 75.5 cm³/mol. The van der Waals surface area contributed by atoms with Crippen molar-refractivity contribution in [3.63, 3.8) is 0 Å². The third-order valence-electron chi connectivity index (χ3n) is 2.66. The zero-order valence-electron chi connectivity index (χ0n) is 12.5. The molecule has 0 fully saturated rings. The van der Waals surface area contributed by atoms with Gasteiger partial charge in [-0.05, 0) is 13.0 Å². The summed E-state index contributed by atoms with van der Waals surface area (Å²) in [5.41, 5.74) is 0. The lowest BCUT2D eigenvalue weighted by molar-refractivity contribution is 0.0224. The molecule has 0 aromatic carbocycles. The minimum atomic E-state index is 0.585. The first-order valence-electron chi connectivity index (χ1n) is 7.10. The van der Waals surface area contributed by atoms with Gasteiger partial charge in [-0.3, -0.25) is 0 Å². The molecule has 0 radical (unpaired) electrons.